The number of carbonyl (C=O) groups excluding carboxylic acids is 1. The minimum atomic E-state index is -0.358. The highest BCUT2D eigenvalue weighted by Gasteiger charge is 2.42. The van der Waals surface area contributed by atoms with Gasteiger partial charge in [-0.25, -0.2) is 0 Å². The van der Waals surface area contributed by atoms with Crippen molar-refractivity contribution in [1.82, 2.24) is 15.1 Å². The summed E-state index contributed by atoms with van der Waals surface area (Å²) in [4.78, 5) is 14.9. The van der Waals surface area contributed by atoms with Crippen LogP contribution in [0.25, 0.3) is 11.3 Å². The Bertz CT molecular complexity index is 1160. The summed E-state index contributed by atoms with van der Waals surface area (Å²) < 4.78 is 5.59. The highest BCUT2D eigenvalue weighted by atomic mass is 16.5. The first-order valence-corrected chi connectivity index (χ1v) is 10.1. The minimum Gasteiger partial charge on any atom is -0.507 e. The summed E-state index contributed by atoms with van der Waals surface area (Å²) in [5, 5.41) is 18.1. The molecule has 6 heteroatoms. The molecule has 0 bridgehead atoms. The molecule has 1 aliphatic rings. The molecule has 1 aromatic heterocycles. The molecular weight excluding hydrogens is 390 g/mol. The van der Waals surface area contributed by atoms with Gasteiger partial charge in [-0.3, -0.25) is 9.89 Å². The van der Waals surface area contributed by atoms with Crippen molar-refractivity contribution in [3.05, 3.63) is 89.7 Å². The fraction of sp³-hybridized carbons (Fsp3) is 0.200. The Labute approximate surface area is 181 Å². The zero-order valence-corrected chi connectivity index (χ0v) is 17.7. The first kappa shape index (κ1) is 20.5. The number of amides is 1. The number of phenols is 1. The number of hydrogen-bond donors (Lipinski definition) is 2. The van der Waals surface area contributed by atoms with Gasteiger partial charge in [0.05, 0.1) is 6.04 Å². The number of phenolic OH excluding ortho intramolecular Hbond substituents is 1. The molecular formula is C25H25N3O3. The summed E-state index contributed by atoms with van der Waals surface area (Å²) in [5.41, 5.74) is 5.08. The molecule has 2 aromatic carbocycles. The molecule has 0 saturated heterocycles. The van der Waals surface area contributed by atoms with Crippen LogP contribution in [0.1, 0.15) is 38.8 Å². The third kappa shape index (κ3) is 3.50. The lowest BCUT2D eigenvalue weighted by molar-refractivity contribution is 0.0764. The summed E-state index contributed by atoms with van der Waals surface area (Å²) in [6.07, 6.45) is 3.40. The first-order chi connectivity index (χ1) is 15.0. The molecule has 1 aliphatic heterocycles. The van der Waals surface area contributed by atoms with E-state index in [0.29, 0.717) is 30.1 Å². The van der Waals surface area contributed by atoms with Gasteiger partial charge >= 0.3 is 0 Å². The second-order valence-electron chi connectivity index (χ2n) is 7.66. The van der Waals surface area contributed by atoms with Gasteiger partial charge < -0.3 is 14.7 Å². The van der Waals surface area contributed by atoms with E-state index in [-0.39, 0.29) is 17.7 Å². The van der Waals surface area contributed by atoms with Crippen LogP contribution in [0.2, 0.25) is 0 Å². The van der Waals surface area contributed by atoms with Gasteiger partial charge in [0, 0.05) is 17.7 Å². The molecule has 3 aromatic rings. The molecule has 6 nitrogen and oxygen atoms in total. The summed E-state index contributed by atoms with van der Waals surface area (Å²) >= 11 is 0. The largest absolute Gasteiger partial charge is 0.507 e. The number of nitrogens with one attached hydrogen (secondary N) is 1. The van der Waals surface area contributed by atoms with E-state index in [1.807, 2.05) is 50.2 Å². The Balaban J connectivity index is 1.85. The average Bonchev–Trinajstić information content (AvgIpc) is 3.29. The van der Waals surface area contributed by atoms with Crippen LogP contribution in [-0.4, -0.2) is 39.3 Å². The number of aryl methyl sites for hydroxylation is 2. The quantitative estimate of drug-likeness (QED) is 0.549. The smallest absolute Gasteiger partial charge is 0.273 e. The second kappa shape index (κ2) is 8.14. The van der Waals surface area contributed by atoms with E-state index >= 15 is 0 Å². The molecule has 1 amide bonds. The van der Waals surface area contributed by atoms with Crippen LogP contribution in [-0.2, 0) is 0 Å². The highest BCUT2D eigenvalue weighted by molar-refractivity contribution is 6.00. The Morgan fingerprint density at radius 3 is 2.61 bits per heavy atom. The van der Waals surface area contributed by atoms with E-state index in [1.54, 1.807) is 17.1 Å². The maximum atomic E-state index is 13.2. The van der Waals surface area contributed by atoms with Crippen molar-refractivity contribution in [1.29, 1.82) is 0 Å². The van der Waals surface area contributed by atoms with Gasteiger partial charge in [0.2, 0.25) is 0 Å². The number of rotatable bonds is 7. The topological polar surface area (TPSA) is 78.5 Å². The third-order valence-electron chi connectivity index (χ3n) is 5.45. The molecule has 0 aliphatic carbocycles. The van der Waals surface area contributed by atoms with Gasteiger partial charge in [-0.05, 0) is 48.7 Å². The Kier molecular flexibility index (Phi) is 5.38. The molecule has 2 heterocycles. The Morgan fingerprint density at radius 1 is 1.19 bits per heavy atom. The molecule has 0 saturated carbocycles. The van der Waals surface area contributed by atoms with E-state index in [0.717, 1.165) is 28.0 Å². The number of aromatic hydroxyl groups is 1. The predicted molar refractivity (Wildman–Crippen MR) is 120 cm³/mol. The number of aromatic nitrogens is 2. The normalized spacial score (nSPS) is 15.1. The molecule has 2 N–H and O–H groups in total. The van der Waals surface area contributed by atoms with Crippen LogP contribution in [0.4, 0.5) is 0 Å². The number of H-pyrrole nitrogens is 1. The van der Waals surface area contributed by atoms with Gasteiger partial charge in [-0.15, -0.1) is 6.58 Å². The zero-order chi connectivity index (χ0) is 22.1. The lowest BCUT2D eigenvalue weighted by Gasteiger charge is -2.25. The van der Waals surface area contributed by atoms with Crippen molar-refractivity contribution < 1.29 is 14.6 Å². The van der Waals surface area contributed by atoms with Crippen molar-refractivity contribution in [2.45, 2.75) is 19.9 Å². The lowest BCUT2D eigenvalue weighted by Crippen LogP contribution is -2.29. The molecule has 1 unspecified atom stereocenters. The van der Waals surface area contributed by atoms with Crippen LogP contribution in [0.5, 0.6) is 11.5 Å². The highest BCUT2D eigenvalue weighted by Crippen LogP contribution is 2.45. The molecule has 1 atom stereocenters. The van der Waals surface area contributed by atoms with Crippen molar-refractivity contribution in [3.8, 4) is 22.8 Å². The van der Waals surface area contributed by atoms with Gasteiger partial charge in [-0.1, -0.05) is 36.9 Å². The average molecular weight is 415 g/mol. The molecule has 4 rings (SSSR count). The lowest BCUT2D eigenvalue weighted by atomic mass is 9.94. The fourth-order valence-electron chi connectivity index (χ4n) is 4.12. The second-order valence-corrected chi connectivity index (χ2v) is 7.66. The number of ether oxygens (including phenoxy) is 1. The van der Waals surface area contributed by atoms with E-state index in [1.165, 1.54) is 0 Å². The van der Waals surface area contributed by atoms with Crippen LogP contribution in [0.15, 0.2) is 61.7 Å². The van der Waals surface area contributed by atoms with Crippen molar-refractivity contribution >= 4 is 5.91 Å². The summed E-state index contributed by atoms with van der Waals surface area (Å²) in [7, 11) is 0. The number of fused-ring (bicyclic) bond motifs is 1. The molecule has 158 valence electrons. The van der Waals surface area contributed by atoms with Gasteiger partial charge in [0.25, 0.3) is 5.91 Å². The predicted octanol–water partition coefficient (Wildman–Crippen LogP) is 4.70. The van der Waals surface area contributed by atoms with E-state index in [4.69, 9.17) is 4.74 Å². The SMILES string of the molecule is C=CCOc1ccc(C2c3c(-c4cc(C)cc(C)c4O)n[nH]c3C(=O)N2CC=C)cc1. The van der Waals surface area contributed by atoms with Crippen LogP contribution in [0.3, 0.4) is 0 Å². The van der Waals surface area contributed by atoms with E-state index < -0.39 is 0 Å². The fourth-order valence-corrected chi connectivity index (χ4v) is 4.12. The van der Waals surface area contributed by atoms with Crippen molar-refractivity contribution in [2.75, 3.05) is 13.2 Å². The minimum absolute atomic E-state index is 0.144. The van der Waals surface area contributed by atoms with Crippen LogP contribution < -0.4 is 4.74 Å². The van der Waals surface area contributed by atoms with E-state index in [9.17, 15) is 9.90 Å². The van der Waals surface area contributed by atoms with Crippen LogP contribution in [0, 0.1) is 13.8 Å². The van der Waals surface area contributed by atoms with Gasteiger partial charge in [0.15, 0.2) is 0 Å². The maximum absolute atomic E-state index is 13.2. The third-order valence-corrected chi connectivity index (χ3v) is 5.45. The number of nitrogens with zero attached hydrogens (tertiary/aromatic N) is 2. The van der Waals surface area contributed by atoms with Gasteiger partial charge in [-0.2, -0.15) is 5.10 Å². The van der Waals surface area contributed by atoms with Crippen molar-refractivity contribution in [3.63, 3.8) is 0 Å². The zero-order valence-electron chi connectivity index (χ0n) is 17.7. The molecule has 31 heavy (non-hydrogen) atoms. The Morgan fingerprint density at radius 2 is 1.94 bits per heavy atom. The summed E-state index contributed by atoms with van der Waals surface area (Å²) in [5.74, 6) is 0.749. The summed E-state index contributed by atoms with van der Waals surface area (Å²) in [6.45, 7) is 12.1. The Hall–Kier alpha value is -3.80. The molecule has 0 radical (unpaired) electrons. The maximum Gasteiger partial charge on any atom is 0.273 e. The first-order valence-electron chi connectivity index (χ1n) is 10.1. The van der Waals surface area contributed by atoms with Gasteiger partial charge in [0.1, 0.15) is 29.5 Å². The molecule has 0 spiro atoms. The number of aromatic amines is 1. The monoisotopic (exact) mass is 415 g/mol. The number of hydrogen-bond acceptors (Lipinski definition) is 4. The molecule has 0 fully saturated rings. The van der Waals surface area contributed by atoms with E-state index in [2.05, 4.69) is 23.4 Å². The van der Waals surface area contributed by atoms with Crippen molar-refractivity contribution in [2.24, 2.45) is 0 Å². The number of carbonyl (C=O) groups is 1. The standard InChI is InChI=1S/C25H25N3O3/c1-5-11-28-23(17-7-9-18(10-8-17)31-12-6-2)20-21(26-27-22(20)25(28)30)19-14-15(3)13-16(4)24(19)29/h5-10,13-14,23,29H,1-2,11-12H2,3-4H3,(H,26,27). The van der Waals surface area contributed by atoms with Crippen LogP contribution >= 0.6 is 0 Å². The number of benzene rings is 2. The summed E-state index contributed by atoms with van der Waals surface area (Å²) in [6, 6.07) is 11.1.